The summed E-state index contributed by atoms with van der Waals surface area (Å²) in [6, 6.07) is 6.75. The van der Waals surface area contributed by atoms with Gasteiger partial charge < -0.3 is 9.88 Å². The molecule has 178 valence electrons. The number of nitrogens with zero attached hydrogens (tertiary/aromatic N) is 7. The number of amides is 1. The summed E-state index contributed by atoms with van der Waals surface area (Å²) >= 11 is 1.62. The molecule has 0 spiro atoms. The van der Waals surface area contributed by atoms with Crippen LogP contribution < -0.4 is 0 Å². The first-order valence-corrected chi connectivity index (χ1v) is 12.7. The maximum atomic E-state index is 12.8. The Kier molecular flexibility index (Phi) is 5.39. The van der Waals surface area contributed by atoms with Gasteiger partial charge in [0.05, 0.1) is 29.9 Å². The first kappa shape index (κ1) is 21.9. The third-order valence-corrected chi connectivity index (χ3v) is 8.21. The quantitative estimate of drug-likeness (QED) is 0.463. The molecule has 1 N–H and O–H groups in total. The number of H-pyrrole nitrogens is 1. The van der Waals surface area contributed by atoms with Crippen LogP contribution in [0.1, 0.15) is 34.5 Å². The Bertz CT molecular complexity index is 1410. The minimum atomic E-state index is -0.335. The largest absolute Gasteiger partial charge is 0.346 e. The number of nitrogens with one attached hydrogen (secondary N) is 1. The van der Waals surface area contributed by atoms with Crippen LogP contribution in [0.3, 0.4) is 0 Å². The number of nitriles is 1. The number of thiophene rings is 1. The third kappa shape index (κ3) is 3.81. The monoisotopic (exact) mass is 486 g/mol. The average Bonchev–Trinajstić information content (AvgIpc) is 3.61. The standard InChI is InChI=1S/C25H26N8OS/c1-17-10-18(13-35-17)24(34)31-8-3-20(4-9-31)32-14-25(15-32,5-6-26)33-12-19(11-30-33)22-21-2-7-27-23(21)29-16-28-22/h2,7,10-13,16,20H,3-5,8-9,14-15H2,1H3,(H,27,28,29). The van der Waals surface area contributed by atoms with Crippen molar-refractivity contribution >= 4 is 28.3 Å². The molecule has 0 aromatic carbocycles. The van der Waals surface area contributed by atoms with Crippen molar-refractivity contribution in [2.75, 3.05) is 26.2 Å². The number of hydrogen-bond donors (Lipinski definition) is 1. The highest BCUT2D eigenvalue weighted by Crippen LogP contribution is 2.37. The van der Waals surface area contributed by atoms with Gasteiger partial charge in [0.25, 0.3) is 5.91 Å². The normalized spacial score (nSPS) is 18.5. The van der Waals surface area contributed by atoms with E-state index in [0.717, 1.165) is 71.8 Å². The molecular weight excluding hydrogens is 460 g/mol. The van der Waals surface area contributed by atoms with Crippen molar-refractivity contribution < 1.29 is 4.79 Å². The van der Waals surface area contributed by atoms with Gasteiger partial charge in [-0.1, -0.05) is 0 Å². The Balaban J connectivity index is 1.13. The van der Waals surface area contributed by atoms with Crippen LogP contribution in [0.2, 0.25) is 0 Å². The van der Waals surface area contributed by atoms with Crippen molar-refractivity contribution in [3.05, 3.63) is 52.9 Å². The molecule has 2 fully saturated rings. The van der Waals surface area contributed by atoms with Crippen molar-refractivity contribution in [3.8, 4) is 17.3 Å². The molecular formula is C25H26N8OS. The summed E-state index contributed by atoms with van der Waals surface area (Å²) in [5.74, 6) is 0.139. The van der Waals surface area contributed by atoms with Gasteiger partial charge in [0, 0.05) is 65.8 Å². The highest BCUT2D eigenvalue weighted by atomic mass is 32.1. The van der Waals surface area contributed by atoms with Crippen molar-refractivity contribution in [1.29, 1.82) is 5.26 Å². The third-order valence-electron chi connectivity index (χ3n) is 7.34. The number of aryl methyl sites for hydroxylation is 1. The van der Waals surface area contributed by atoms with E-state index >= 15 is 0 Å². The summed E-state index contributed by atoms with van der Waals surface area (Å²) in [5, 5.41) is 17.2. The minimum absolute atomic E-state index is 0.139. The predicted molar refractivity (Wildman–Crippen MR) is 133 cm³/mol. The van der Waals surface area contributed by atoms with Crippen molar-refractivity contribution in [2.45, 2.75) is 37.8 Å². The molecule has 4 aromatic rings. The van der Waals surface area contributed by atoms with E-state index in [0.29, 0.717) is 12.5 Å². The number of aromatic nitrogens is 5. The number of piperidine rings is 1. The highest BCUT2D eigenvalue weighted by Gasteiger charge is 2.48. The van der Waals surface area contributed by atoms with Crippen LogP contribution >= 0.6 is 11.3 Å². The van der Waals surface area contributed by atoms with Gasteiger partial charge >= 0.3 is 0 Å². The number of carbonyl (C=O) groups excluding carboxylic acids is 1. The number of hydrogen-bond acceptors (Lipinski definition) is 7. The van der Waals surface area contributed by atoms with Crippen molar-refractivity contribution in [1.82, 2.24) is 34.5 Å². The van der Waals surface area contributed by atoms with Crippen molar-refractivity contribution in [3.63, 3.8) is 0 Å². The van der Waals surface area contributed by atoms with Gasteiger partial charge in [0.15, 0.2) is 0 Å². The van der Waals surface area contributed by atoms with Crippen molar-refractivity contribution in [2.24, 2.45) is 0 Å². The number of aromatic amines is 1. The molecule has 0 atom stereocenters. The highest BCUT2D eigenvalue weighted by molar-refractivity contribution is 7.10. The molecule has 2 aliphatic heterocycles. The van der Waals surface area contributed by atoms with E-state index in [-0.39, 0.29) is 11.4 Å². The zero-order chi connectivity index (χ0) is 24.0. The van der Waals surface area contributed by atoms with Crippen LogP contribution in [0.4, 0.5) is 0 Å². The van der Waals surface area contributed by atoms with Gasteiger partial charge in [-0.15, -0.1) is 11.3 Å². The number of carbonyl (C=O) groups is 1. The Labute approximate surface area is 207 Å². The lowest BCUT2D eigenvalue weighted by molar-refractivity contribution is -0.0412. The molecule has 0 saturated carbocycles. The summed E-state index contributed by atoms with van der Waals surface area (Å²) in [7, 11) is 0. The van der Waals surface area contributed by atoms with E-state index in [9.17, 15) is 10.1 Å². The smallest absolute Gasteiger partial charge is 0.254 e. The molecule has 1 amide bonds. The van der Waals surface area contributed by atoms with Gasteiger partial charge in [-0.3, -0.25) is 14.4 Å². The van der Waals surface area contributed by atoms with Crippen LogP contribution in [-0.2, 0) is 5.54 Å². The minimum Gasteiger partial charge on any atom is -0.346 e. The molecule has 2 saturated heterocycles. The van der Waals surface area contributed by atoms with Crippen LogP contribution in [0, 0.1) is 18.3 Å². The molecule has 0 aliphatic carbocycles. The molecule has 6 rings (SSSR count). The number of rotatable bonds is 5. The first-order chi connectivity index (χ1) is 17.1. The Hall–Kier alpha value is -3.55. The van der Waals surface area contributed by atoms with Gasteiger partial charge in [-0.2, -0.15) is 10.4 Å². The van der Waals surface area contributed by atoms with Crippen LogP contribution in [-0.4, -0.2) is 72.7 Å². The zero-order valence-corrected chi connectivity index (χ0v) is 20.3. The second-order valence-corrected chi connectivity index (χ2v) is 10.7. The molecule has 0 bridgehead atoms. The van der Waals surface area contributed by atoms with E-state index in [1.165, 1.54) is 0 Å². The second-order valence-electron chi connectivity index (χ2n) is 9.57. The van der Waals surface area contributed by atoms with Crippen LogP contribution in [0.25, 0.3) is 22.3 Å². The van der Waals surface area contributed by atoms with Crippen LogP contribution in [0.15, 0.2) is 42.4 Å². The average molecular weight is 487 g/mol. The predicted octanol–water partition coefficient (Wildman–Crippen LogP) is 3.42. The van der Waals surface area contributed by atoms with Gasteiger partial charge in [-0.25, -0.2) is 9.97 Å². The topological polar surface area (TPSA) is 107 Å². The van der Waals surface area contributed by atoms with Gasteiger partial charge in [0.1, 0.15) is 17.5 Å². The van der Waals surface area contributed by atoms with E-state index in [4.69, 9.17) is 0 Å². The molecule has 0 radical (unpaired) electrons. The lowest BCUT2D eigenvalue weighted by atomic mass is 9.83. The SMILES string of the molecule is Cc1cc(C(=O)N2CCC(N3CC(CC#N)(n4cc(-c5ncnc6[nH]ccc56)cn4)C3)CC2)cs1. The summed E-state index contributed by atoms with van der Waals surface area (Å²) in [5.41, 5.74) is 3.02. The summed E-state index contributed by atoms with van der Waals surface area (Å²) in [4.78, 5) is 30.2. The second kappa shape index (κ2) is 8.59. The van der Waals surface area contributed by atoms with Crippen LogP contribution in [0.5, 0.6) is 0 Å². The van der Waals surface area contributed by atoms with E-state index < -0.39 is 0 Å². The summed E-state index contributed by atoms with van der Waals surface area (Å²) < 4.78 is 1.96. The molecule has 35 heavy (non-hydrogen) atoms. The molecule has 6 heterocycles. The van der Waals surface area contributed by atoms with E-state index in [1.54, 1.807) is 17.7 Å². The molecule has 9 nitrogen and oxygen atoms in total. The Morgan fingerprint density at radius 2 is 2.14 bits per heavy atom. The fourth-order valence-corrected chi connectivity index (χ4v) is 6.11. The Morgan fingerprint density at radius 1 is 1.31 bits per heavy atom. The maximum Gasteiger partial charge on any atom is 0.254 e. The molecule has 4 aromatic heterocycles. The lowest BCUT2D eigenvalue weighted by Crippen LogP contribution is -2.66. The molecule has 10 heteroatoms. The fourth-order valence-electron chi connectivity index (χ4n) is 5.43. The first-order valence-electron chi connectivity index (χ1n) is 11.9. The summed E-state index contributed by atoms with van der Waals surface area (Å²) in [6.07, 6.45) is 9.55. The fraction of sp³-hybridized carbons (Fsp3) is 0.400. The Morgan fingerprint density at radius 3 is 2.89 bits per heavy atom. The van der Waals surface area contributed by atoms with E-state index in [2.05, 4.69) is 31.0 Å². The number of likely N-dealkylation sites (tertiary alicyclic amines) is 2. The zero-order valence-electron chi connectivity index (χ0n) is 19.5. The summed E-state index contributed by atoms with van der Waals surface area (Å²) in [6.45, 7) is 5.14. The molecule has 0 unspecified atom stereocenters. The number of fused-ring (bicyclic) bond motifs is 1. The lowest BCUT2D eigenvalue weighted by Gasteiger charge is -2.53. The maximum absolute atomic E-state index is 12.8. The van der Waals surface area contributed by atoms with Gasteiger partial charge in [-0.05, 0) is 31.9 Å². The van der Waals surface area contributed by atoms with E-state index in [1.807, 2.05) is 52.6 Å². The van der Waals surface area contributed by atoms with Gasteiger partial charge in [0.2, 0.25) is 0 Å². The molecule has 2 aliphatic rings.